The van der Waals surface area contributed by atoms with Gasteiger partial charge in [-0.3, -0.25) is 0 Å². The van der Waals surface area contributed by atoms with Crippen LogP contribution in [-0.4, -0.2) is 60.8 Å². The predicted octanol–water partition coefficient (Wildman–Crippen LogP) is 2.20. The van der Waals surface area contributed by atoms with Crippen LogP contribution < -0.4 is 0 Å². The van der Waals surface area contributed by atoms with E-state index < -0.39 is 0 Å². The minimum Gasteiger partial charge on any atom is -0.396 e. The van der Waals surface area contributed by atoms with Crippen molar-refractivity contribution in [1.29, 1.82) is 0 Å². The molecule has 0 atom stereocenters. The van der Waals surface area contributed by atoms with E-state index in [4.69, 9.17) is 0 Å². The summed E-state index contributed by atoms with van der Waals surface area (Å²) >= 11 is 0. The summed E-state index contributed by atoms with van der Waals surface area (Å²) in [5.74, 6) is 1.51. The first kappa shape index (κ1) is 15.3. The Labute approximate surface area is 119 Å². The summed E-state index contributed by atoms with van der Waals surface area (Å²) in [5, 5.41) is 9.19. The molecule has 1 heterocycles. The van der Waals surface area contributed by atoms with Gasteiger partial charge in [-0.05, 0) is 70.5 Å². The third kappa shape index (κ3) is 4.73. The fraction of sp³-hybridized carbons (Fsp3) is 1.00. The summed E-state index contributed by atoms with van der Waals surface area (Å²) in [6.45, 7) is 7.82. The summed E-state index contributed by atoms with van der Waals surface area (Å²) in [5.41, 5.74) is 0. The molecule has 1 N–H and O–H groups in total. The summed E-state index contributed by atoms with van der Waals surface area (Å²) in [6, 6.07) is 0.756. The number of rotatable bonds is 5. The second-order valence-electron chi connectivity index (χ2n) is 6.86. The van der Waals surface area contributed by atoms with Crippen LogP contribution in [0.2, 0.25) is 0 Å². The van der Waals surface area contributed by atoms with Gasteiger partial charge in [0.05, 0.1) is 0 Å². The molecule has 1 aliphatic carbocycles. The standard InChI is InChI=1S/C16H32N2O/c1-14-7-9-18(10-8-14)12-11-17(2)16-5-3-15(13-19)4-6-16/h14-16,19H,3-13H2,1-2H3. The lowest BCUT2D eigenvalue weighted by Crippen LogP contribution is -2.42. The Bertz CT molecular complexity index is 243. The molecule has 0 amide bonds. The zero-order chi connectivity index (χ0) is 13.7. The van der Waals surface area contributed by atoms with E-state index in [9.17, 15) is 5.11 Å². The molecule has 3 heteroatoms. The molecule has 0 bridgehead atoms. The van der Waals surface area contributed by atoms with E-state index >= 15 is 0 Å². The number of aliphatic hydroxyl groups excluding tert-OH is 1. The van der Waals surface area contributed by atoms with Gasteiger partial charge in [-0.15, -0.1) is 0 Å². The van der Waals surface area contributed by atoms with E-state index in [2.05, 4.69) is 23.8 Å². The Hall–Kier alpha value is -0.120. The fourth-order valence-electron chi connectivity index (χ4n) is 3.54. The molecule has 3 nitrogen and oxygen atoms in total. The lowest BCUT2D eigenvalue weighted by molar-refractivity contribution is 0.110. The minimum atomic E-state index is 0.391. The number of hydrogen-bond acceptors (Lipinski definition) is 3. The van der Waals surface area contributed by atoms with Gasteiger partial charge in [0.15, 0.2) is 0 Å². The number of likely N-dealkylation sites (tertiary alicyclic amines) is 1. The van der Waals surface area contributed by atoms with Crippen LogP contribution in [0, 0.1) is 11.8 Å². The number of aliphatic hydroxyl groups is 1. The van der Waals surface area contributed by atoms with Crippen LogP contribution in [0.1, 0.15) is 45.4 Å². The quantitative estimate of drug-likeness (QED) is 0.828. The number of likely N-dealkylation sites (N-methyl/N-ethyl adjacent to an activating group) is 1. The average Bonchev–Trinajstić information content (AvgIpc) is 2.46. The van der Waals surface area contributed by atoms with Crippen molar-refractivity contribution in [1.82, 2.24) is 9.80 Å². The molecule has 0 radical (unpaired) electrons. The second-order valence-corrected chi connectivity index (χ2v) is 6.86. The molecule has 2 rings (SSSR count). The highest BCUT2D eigenvalue weighted by Crippen LogP contribution is 2.26. The van der Waals surface area contributed by atoms with E-state index in [1.807, 2.05) is 0 Å². The van der Waals surface area contributed by atoms with Crippen molar-refractivity contribution in [3.8, 4) is 0 Å². The third-order valence-corrected chi connectivity index (χ3v) is 5.34. The molecule has 112 valence electrons. The highest BCUT2D eigenvalue weighted by molar-refractivity contribution is 4.79. The van der Waals surface area contributed by atoms with Crippen LogP contribution in [0.4, 0.5) is 0 Å². The molecular weight excluding hydrogens is 236 g/mol. The summed E-state index contributed by atoms with van der Waals surface area (Å²) < 4.78 is 0. The molecule has 0 spiro atoms. The van der Waals surface area contributed by atoms with Crippen molar-refractivity contribution in [2.75, 3.05) is 39.8 Å². The van der Waals surface area contributed by atoms with Gasteiger partial charge in [0, 0.05) is 25.7 Å². The summed E-state index contributed by atoms with van der Waals surface area (Å²) in [4.78, 5) is 5.20. The smallest absolute Gasteiger partial charge is 0.0459 e. The molecule has 1 saturated heterocycles. The van der Waals surface area contributed by atoms with Crippen LogP contribution in [0.5, 0.6) is 0 Å². The molecule has 0 aromatic rings. The first-order valence-electron chi connectivity index (χ1n) is 8.22. The Balaban J connectivity index is 1.63. The van der Waals surface area contributed by atoms with Crippen LogP contribution in [0.15, 0.2) is 0 Å². The Morgan fingerprint density at radius 2 is 1.68 bits per heavy atom. The molecule has 0 aromatic heterocycles. The predicted molar refractivity (Wildman–Crippen MR) is 80.3 cm³/mol. The summed E-state index contributed by atoms with van der Waals surface area (Å²) in [6.07, 6.45) is 7.74. The van der Waals surface area contributed by atoms with Crippen molar-refractivity contribution >= 4 is 0 Å². The first-order valence-corrected chi connectivity index (χ1v) is 8.22. The lowest BCUT2D eigenvalue weighted by atomic mass is 9.86. The second kappa shape index (κ2) is 7.61. The highest BCUT2D eigenvalue weighted by atomic mass is 16.3. The molecular formula is C16H32N2O. The normalized spacial score (nSPS) is 30.9. The van der Waals surface area contributed by atoms with Gasteiger partial charge in [-0.2, -0.15) is 0 Å². The van der Waals surface area contributed by atoms with Crippen LogP contribution >= 0.6 is 0 Å². The lowest BCUT2D eigenvalue weighted by Gasteiger charge is -2.36. The van der Waals surface area contributed by atoms with E-state index in [-0.39, 0.29) is 0 Å². The molecule has 0 unspecified atom stereocenters. The largest absolute Gasteiger partial charge is 0.396 e. The zero-order valence-corrected chi connectivity index (χ0v) is 12.9. The Morgan fingerprint density at radius 3 is 2.26 bits per heavy atom. The zero-order valence-electron chi connectivity index (χ0n) is 12.9. The molecule has 0 aromatic carbocycles. The van der Waals surface area contributed by atoms with Gasteiger partial charge < -0.3 is 14.9 Å². The Kier molecular flexibility index (Phi) is 6.11. The molecule has 1 aliphatic heterocycles. The van der Waals surface area contributed by atoms with Crippen molar-refractivity contribution in [2.24, 2.45) is 11.8 Å². The van der Waals surface area contributed by atoms with Crippen molar-refractivity contribution in [3.63, 3.8) is 0 Å². The minimum absolute atomic E-state index is 0.391. The molecule has 2 fully saturated rings. The van der Waals surface area contributed by atoms with Crippen LogP contribution in [0.3, 0.4) is 0 Å². The van der Waals surface area contributed by atoms with Gasteiger partial charge in [-0.25, -0.2) is 0 Å². The van der Waals surface area contributed by atoms with Gasteiger partial charge >= 0.3 is 0 Å². The van der Waals surface area contributed by atoms with Gasteiger partial charge in [-0.1, -0.05) is 6.92 Å². The third-order valence-electron chi connectivity index (χ3n) is 5.34. The van der Waals surface area contributed by atoms with E-state index in [1.165, 1.54) is 64.7 Å². The van der Waals surface area contributed by atoms with Crippen LogP contribution in [-0.2, 0) is 0 Å². The monoisotopic (exact) mass is 268 g/mol. The number of piperidine rings is 1. The van der Waals surface area contributed by atoms with Crippen molar-refractivity contribution in [3.05, 3.63) is 0 Å². The van der Waals surface area contributed by atoms with Crippen LogP contribution in [0.25, 0.3) is 0 Å². The van der Waals surface area contributed by atoms with E-state index in [1.54, 1.807) is 0 Å². The van der Waals surface area contributed by atoms with Crippen molar-refractivity contribution in [2.45, 2.75) is 51.5 Å². The maximum atomic E-state index is 9.19. The molecule has 1 saturated carbocycles. The molecule has 19 heavy (non-hydrogen) atoms. The van der Waals surface area contributed by atoms with E-state index in [0.29, 0.717) is 12.5 Å². The Morgan fingerprint density at radius 1 is 1.05 bits per heavy atom. The fourth-order valence-corrected chi connectivity index (χ4v) is 3.54. The van der Waals surface area contributed by atoms with Crippen molar-refractivity contribution < 1.29 is 5.11 Å². The van der Waals surface area contributed by atoms with Gasteiger partial charge in [0.2, 0.25) is 0 Å². The number of nitrogens with zero attached hydrogens (tertiary/aromatic N) is 2. The van der Waals surface area contributed by atoms with Gasteiger partial charge in [0.25, 0.3) is 0 Å². The highest BCUT2D eigenvalue weighted by Gasteiger charge is 2.24. The average molecular weight is 268 g/mol. The SMILES string of the molecule is CC1CCN(CCN(C)C2CCC(CO)CC2)CC1. The van der Waals surface area contributed by atoms with E-state index in [0.717, 1.165) is 12.0 Å². The first-order chi connectivity index (χ1) is 9.19. The topological polar surface area (TPSA) is 26.7 Å². The summed E-state index contributed by atoms with van der Waals surface area (Å²) in [7, 11) is 2.29. The maximum absolute atomic E-state index is 9.19. The van der Waals surface area contributed by atoms with Gasteiger partial charge in [0.1, 0.15) is 0 Å². The number of hydrogen-bond donors (Lipinski definition) is 1. The molecule has 2 aliphatic rings. The maximum Gasteiger partial charge on any atom is 0.0459 e.